The fourth-order valence-corrected chi connectivity index (χ4v) is 2.04. The molecule has 2 rings (SSSR count). The van der Waals surface area contributed by atoms with Crippen molar-refractivity contribution < 1.29 is 9.18 Å². The molecular weight excluding hydrogens is 269 g/mol. The third-order valence-corrected chi connectivity index (χ3v) is 3.17. The van der Waals surface area contributed by atoms with Gasteiger partial charge in [0.1, 0.15) is 11.6 Å². The first-order chi connectivity index (χ1) is 9.99. The van der Waals surface area contributed by atoms with Crippen LogP contribution < -0.4 is 10.2 Å². The molecule has 0 radical (unpaired) electrons. The molecule has 0 saturated carbocycles. The van der Waals surface area contributed by atoms with Crippen LogP contribution in [0.5, 0.6) is 0 Å². The van der Waals surface area contributed by atoms with E-state index in [1.807, 2.05) is 21.0 Å². The fourth-order valence-electron chi connectivity index (χ4n) is 2.04. The van der Waals surface area contributed by atoms with E-state index in [0.29, 0.717) is 11.4 Å². The SMILES string of the molecule is C[C@H](NC(=O)c1cccnc1N(C)C)c1ccc(F)cc1. The molecule has 0 aliphatic carbocycles. The number of hydrogen-bond acceptors (Lipinski definition) is 3. The summed E-state index contributed by atoms with van der Waals surface area (Å²) in [6, 6.07) is 9.33. The average molecular weight is 287 g/mol. The minimum Gasteiger partial charge on any atom is -0.362 e. The van der Waals surface area contributed by atoms with Crippen LogP contribution in [0.4, 0.5) is 10.2 Å². The summed E-state index contributed by atoms with van der Waals surface area (Å²) in [6.45, 7) is 1.86. The maximum absolute atomic E-state index is 12.9. The summed E-state index contributed by atoms with van der Waals surface area (Å²) in [7, 11) is 3.67. The van der Waals surface area contributed by atoms with E-state index in [9.17, 15) is 9.18 Å². The molecule has 1 amide bonds. The highest BCUT2D eigenvalue weighted by molar-refractivity contribution is 5.99. The minimum atomic E-state index is -0.292. The Morgan fingerprint density at radius 3 is 2.52 bits per heavy atom. The molecule has 0 bridgehead atoms. The lowest BCUT2D eigenvalue weighted by molar-refractivity contribution is 0.0940. The summed E-state index contributed by atoms with van der Waals surface area (Å²) in [4.78, 5) is 18.4. The number of amides is 1. The van der Waals surface area contributed by atoms with E-state index in [-0.39, 0.29) is 17.8 Å². The van der Waals surface area contributed by atoms with Gasteiger partial charge in [0.2, 0.25) is 0 Å². The van der Waals surface area contributed by atoms with Gasteiger partial charge in [0.25, 0.3) is 5.91 Å². The van der Waals surface area contributed by atoms with Crippen molar-refractivity contribution in [3.63, 3.8) is 0 Å². The maximum atomic E-state index is 12.9. The van der Waals surface area contributed by atoms with Crippen molar-refractivity contribution in [2.75, 3.05) is 19.0 Å². The molecule has 21 heavy (non-hydrogen) atoms. The van der Waals surface area contributed by atoms with Crippen LogP contribution in [0.2, 0.25) is 0 Å². The van der Waals surface area contributed by atoms with Crippen LogP contribution in [0.15, 0.2) is 42.6 Å². The van der Waals surface area contributed by atoms with Crippen molar-refractivity contribution in [1.82, 2.24) is 10.3 Å². The average Bonchev–Trinajstić information content (AvgIpc) is 2.47. The zero-order chi connectivity index (χ0) is 15.4. The van der Waals surface area contributed by atoms with Gasteiger partial charge in [0, 0.05) is 20.3 Å². The molecule has 110 valence electrons. The first kappa shape index (κ1) is 15.0. The number of rotatable bonds is 4. The van der Waals surface area contributed by atoms with Crippen LogP contribution in [-0.4, -0.2) is 25.0 Å². The Hall–Kier alpha value is -2.43. The lowest BCUT2D eigenvalue weighted by Gasteiger charge is -2.18. The van der Waals surface area contributed by atoms with E-state index >= 15 is 0 Å². The van der Waals surface area contributed by atoms with Gasteiger partial charge in [-0.25, -0.2) is 9.37 Å². The monoisotopic (exact) mass is 287 g/mol. The van der Waals surface area contributed by atoms with Gasteiger partial charge in [-0.05, 0) is 36.8 Å². The summed E-state index contributed by atoms with van der Waals surface area (Å²) in [5.41, 5.74) is 1.36. The Bertz CT molecular complexity index is 626. The molecule has 1 aromatic heterocycles. The van der Waals surface area contributed by atoms with Crippen molar-refractivity contribution in [2.24, 2.45) is 0 Å². The lowest BCUT2D eigenvalue weighted by Crippen LogP contribution is -2.28. The molecule has 0 spiro atoms. The molecule has 1 heterocycles. The molecular formula is C16H18FN3O. The predicted octanol–water partition coefficient (Wildman–Crippen LogP) is 2.78. The molecule has 0 unspecified atom stereocenters. The highest BCUT2D eigenvalue weighted by Gasteiger charge is 2.16. The van der Waals surface area contributed by atoms with Gasteiger partial charge in [0.05, 0.1) is 11.6 Å². The second-order valence-corrected chi connectivity index (χ2v) is 5.02. The number of benzene rings is 1. The topological polar surface area (TPSA) is 45.2 Å². The van der Waals surface area contributed by atoms with Gasteiger partial charge < -0.3 is 10.2 Å². The quantitative estimate of drug-likeness (QED) is 0.940. The summed E-state index contributed by atoms with van der Waals surface area (Å²) in [5, 5.41) is 2.90. The number of halogens is 1. The number of aromatic nitrogens is 1. The molecule has 1 aromatic carbocycles. The van der Waals surface area contributed by atoms with Gasteiger partial charge in [-0.1, -0.05) is 12.1 Å². The number of pyridine rings is 1. The van der Waals surface area contributed by atoms with Crippen LogP contribution in [-0.2, 0) is 0 Å². The summed E-state index contributed by atoms with van der Waals surface area (Å²) < 4.78 is 12.9. The van der Waals surface area contributed by atoms with Gasteiger partial charge in [-0.3, -0.25) is 4.79 Å². The number of anilines is 1. The second-order valence-electron chi connectivity index (χ2n) is 5.02. The Morgan fingerprint density at radius 2 is 1.90 bits per heavy atom. The van der Waals surface area contributed by atoms with E-state index in [4.69, 9.17) is 0 Å². The van der Waals surface area contributed by atoms with E-state index in [0.717, 1.165) is 5.56 Å². The number of hydrogen-bond donors (Lipinski definition) is 1. The van der Waals surface area contributed by atoms with Gasteiger partial charge >= 0.3 is 0 Å². The third-order valence-electron chi connectivity index (χ3n) is 3.17. The van der Waals surface area contributed by atoms with Crippen molar-refractivity contribution in [3.8, 4) is 0 Å². The third kappa shape index (κ3) is 3.56. The van der Waals surface area contributed by atoms with Gasteiger partial charge in [-0.2, -0.15) is 0 Å². The highest BCUT2D eigenvalue weighted by atomic mass is 19.1. The smallest absolute Gasteiger partial charge is 0.255 e. The van der Waals surface area contributed by atoms with Crippen molar-refractivity contribution in [2.45, 2.75) is 13.0 Å². The molecule has 0 aliphatic heterocycles. The predicted molar refractivity (Wildman–Crippen MR) is 80.8 cm³/mol. The van der Waals surface area contributed by atoms with E-state index in [1.54, 1.807) is 35.4 Å². The van der Waals surface area contributed by atoms with E-state index in [2.05, 4.69) is 10.3 Å². The zero-order valence-corrected chi connectivity index (χ0v) is 12.3. The maximum Gasteiger partial charge on any atom is 0.255 e. The van der Waals surface area contributed by atoms with Crippen LogP contribution in [0.3, 0.4) is 0 Å². The van der Waals surface area contributed by atoms with Crippen LogP contribution in [0, 0.1) is 5.82 Å². The molecule has 1 atom stereocenters. The fraction of sp³-hybridized carbons (Fsp3) is 0.250. The minimum absolute atomic E-state index is 0.205. The zero-order valence-electron chi connectivity index (χ0n) is 12.3. The first-order valence-corrected chi connectivity index (χ1v) is 6.67. The molecule has 4 nitrogen and oxygen atoms in total. The molecule has 2 aromatic rings. The lowest BCUT2D eigenvalue weighted by atomic mass is 10.1. The normalized spacial score (nSPS) is 11.8. The molecule has 1 N–H and O–H groups in total. The van der Waals surface area contributed by atoms with Crippen LogP contribution in [0.25, 0.3) is 0 Å². The summed E-state index contributed by atoms with van der Waals surface area (Å²) >= 11 is 0. The number of carbonyl (C=O) groups is 1. The Kier molecular flexibility index (Phi) is 4.52. The standard InChI is InChI=1S/C16H18FN3O/c1-11(12-6-8-13(17)9-7-12)19-16(21)14-5-4-10-18-15(14)20(2)3/h4-11H,1-3H3,(H,19,21)/t11-/m0/s1. The van der Waals surface area contributed by atoms with Gasteiger partial charge in [-0.15, -0.1) is 0 Å². The number of nitrogens with one attached hydrogen (secondary N) is 1. The summed E-state index contributed by atoms with van der Waals surface area (Å²) in [5.74, 6) is 0.115. The Labute approximate surface area is 123 Å². The van der Waals surface area contributed by atoms with Crippen molar-refractivity contribution >= 4 is 11.7 Å². The largest absolute Gasteiger partial charge is 0.362 e. The van der Waals surface area contributed by atoms with Crippen molar-refractivity contribution in [3.05, 3.63) is 59.5 Å². The van der Waals surface area contributed by atoms with Gasteiger partial charge in [0.15, 0.2) is 0 Å². The Balaban J connectivity index is 2.16. The van der Waals surface area contributed by atoms with E-state index < -0.39 is 0 Å². The molecule has 5 heteroatoms. The molecule has 0 fully saturated rings. The van der Waals surface area contributed by atoms with E-state index in [1.165, 1.54) is 12.1 Å². The first-order valence-electron chi connectivity index (χ1n) is 6.67. The van der Waals surface area contributed by atoms with Crippen molar-refractivity contribution in [1.29, 1.82) is 0 Å². The molecule has 0 aliphatic rings. The second kappa shape index (κ2) is 6.35. The summed E-state index contributed by atoms with van der Waals surface area (Å²) in [6.07, 6.45) is 1.65. The highest BCUT2D eigenvalue weighted by Crippen LogP contribution is 2.17. The number of nitrogens with zero attached hydrogens (tertiary/aromatic N) is 2. The van der Waals surface area contributed by atoms with Crippen LogP contribution in [0.1, 0.15) is 28.9 Å². The number of carbonyl (C=O) groups excluding carboxylic acids is 1. The van der Waals surface area contributed by atoms with Crippen LogP contribution >= 0.6 is 0 Å². The molecule has 0 saturated heterocycles. The Morgan fingerprint density at radius 1 is 1.24 bits per heavy atom.